The fourth-order valence-corrected chi connectivity index (χ4v) is 14.9. The van der Waals surface area contributed by atoms with Crippen molar-refractivity contribution in [1.82, 2.24) is 84.5 Å². The average molecular weight is 1770 g/mol. The Bertz CT molecular complexity index is 6240. The van der Waals surface area contributed by atoms with Crippen LogP contribution < -0.4 is 47.9 Å². The number of pyridine rings is 2. The third kappa shape index (κ3) is 18.5. The van der Waals surface area contributed by atoms with Crippen molar-refractivity contribution in [3.8, 4) is 0 Å². The van der Waals surface area contributed by atoms with Crippen LogP contribution in [0.1, 0.15) is 93.5 Å². The van der Waals surface area contributed by atoms with Crippen molar-refractivity contribution in [2.45, 2.75) is 113 Å². The lowest BCUT2D eigenvalue weighted by Gasteiger charge is -2.21. The maximum atomic E-state index is 13.6. The molecular weight excluding hydrogens is 1690 g/mol. The van der Waals surface area contributed by atoms with E-state index in [9.17, 15) is 58.5 Å². The minimum absolute atomic E-state index is 0.0426. The molecule has 0 aliphatic carbocycles. The molecule has 14 heterocycles. The van der Waals surface area contributed by atoms with Crippen molar-refractivity contribution in [3.05, 3.63) is 234 Å². The molecule has 9 amide bonds. The van der Waals surface area contributed by atoms with Gasteiger partial charge in [0.1, 0.15) is 78.4 Å². The SMILES string of the molecule is CCNC(=O)Nc1ncnc2c1ncn2C1OC(C(=O)Nc2c(Cl)cccc2C(=O)O)C2O[C@H](/C=C/c3ccccc3)OC21.CCNC(=O)Nc1ncnc2c1ncn2C1OC(C(=O)Nc2ncccc2C(=O)O)C2O[C@H](/C=C/c3ccccc3)OC21.CCNC(=O)Nc1ncnc2c1ncn2C1OC(C(=O)Nc2ncccc2C(=O)O)C2O[C@H](c3ccccc3)OC21. The average Bonchev–Trinajstić information content (AvgIpc) is 1.60. The van der Waals surface area contributed by atoms with E-state index in [2.05, 4.69) is 103 Å². The molecule has 128 heavy (non-hydrogen) atoms. The van der Waals surface area contributed by atoms with Gasteiger partial charge in [0, 0.05) is 37.6 Å². The van der Waals surface area contributed by atoms with Crippen LogP contribution in [0.3, 0.4) is 0 Å². The van der Waals surface area contributed by atoms with E-state index in [1.807, 2.05) is 103 Å². The molecule has 0 bridgehead atoms. The van der Waals surface area contributed by atoms with E-state index in [1.54, 1.807) is 46.6 Å². The molecule has 656 valence electrons. The number of aromatic carboxylic acids is 3. The highest BCUT2D eigenvalue weighted by Crippen LogP contribution is 2.47. The topological polar surface area (TPSA) is 562 Å². The molecule has 45 heteroatoms. The first-order chi connectivity index (χ1) is 62.2. The Morgan fingerprint density at radius 1 is 0.367 bits per heavy atom. The normalized spacial score (nSPS) is 22.9. The van der Waals surface area contributed by atoms with Crippen LogP contribution in [-0.4, -0.2) is 225 Å². The zero-order valence-electron chi connectivity index (χ0n) is 67.2. The van der Waals surface area contributed by atoms with Crippen LogP contribution in [0.15, 0.2) is 196 Å². The number of nitrogens with one attached hydrogen (secondary N) is 9. The van der Waals surface area contributed by atoms with Gasteiger partial charge in [-0.1, -0.05) is 121 Å². The van der Waals surface area contributed by atoms with Crippen LogP contribution in [-0.2, 0) is 57.0 Å². The van der Waals surface area contributed by atoms with Gasteiger partial charge < -0.3 is 89.9 Å². The van der Waals surface area contributed by atoms with Gasteiger partial charge in [0.2, 0.25) is 0 Å². The number of carbonyl (C=O) groups is 9. The Morgan fingerprint density at radius 2 is 0.719 bits per heavy atom. The molecule has 0 radical (unpaired) electrons. The van der Waals surface area contributed by atoms with Gasteiger partial charge in [0.25, 0.3) is 17.7 Å². The lowest BCUT2D eigenvalue weighted by Crippen LogP contribution is -2.38. The molecule has 44 nitrogen and oxygen atoms in total. The number of carboxylic acid groups (broad SMARTS) is 3. The molecule has 6 aliphatic heterocycles. The summed E-state index contributed by atoms with van der Waals surface area (Å²) in [5.74, 6) is -5.51. The lowest BCUT2D eigenvalue weighted by molar-refractivity contribution is -0.158. The number of hydrogen-bond donors (Lipinski definition) is 12. The van der Waals surface area contributed by atoms with Crippen molar-refractivity contribution >= 4 is 146 Å². The van der Waals surface area contributed by atoms with Gasteiger partial charge in [-0.2, -0.15) is 0 Å². The fourth-order valence-electron chi connectivity index (χ4n) is 14.6. The molecule has 0 spiro atoms. The van der Waals surface area contributed by atoms with Crippen LogP contribution in [0.2, 0.25) is 5.02 Å². The first kappa shape index (κ1) is 86.4. The summed E-state index contributed by atoms with van der Waals surface area (Å²) in [4.78, 5) is 159. The quantitative estimate of drug-likeness (QED) is 0.0287. The largest absolute Gasteiger partial charge is 0.478 e. The van der Waals surface area contributed by atoms with E-state index in [0.717, 1.165) is 16.7 Å². The molecule has 8 aromatic heterocycles. The van der Waals surface area contributed by atoms with Gasteiger partial charge in [-0.3, -0.25) is 44.0 Å². The molecule has 6 aliphatic rings. The van der Waals surface area contributed by atoms with E-state index in [0.29, 0.717) is 47.6 Å². The summed E-state index contributed by atoms with van der Waals surface area (Å²) < 4.78 is 60.5. The number of para-hydroxylation sites is 1. The second-order valence-electron chi connectivity index (χ2n) is 28.4. The van der Waals surface area contributed by atoms with Crippen LogP contribution in [0.5, 0.6) is 0 Å². The summed E-state index contributed by atoms with van der Waals surface area (Å²) in [6.45, 7) is 6.60. The van der Waals surface area contributed by atoms with E-state index < -0.39 is 146 Å². The molecule has 12 N–H and O–H groups in total. The monoisotopic (exact) mass is 1770 g/mol. The van der Waals surface area contributed by atoms with Crippen molar-refractivity contribution in [1.29, 1.82) is 0 Å². The minimum Gasteiger partial charge on any atom is -0.478 e. The Kier molecular flexibility index (Phi) is 26.0. The molecular formula is C83H76ClN23O21. The number of nitrogens with zero attached hydrogens (tertiary/aromatic N) is 14. The fraction of sp³-hybridized carbons (Fsp3) is 0.253. The van der Waals surface area contributed by atoms with Gasteiger partial charge in [-0.25, -0.2) is 83.6 Å². The highest BCUT2D eigenvalue weighted by molar-refractivity contribution is 6.34. The Balaban J connectivity index is 0.000000141. The number of aromatic nitrogens is 14. The molecule has 6 fully saturated rings. The van der Waals surface area contributed by atoms with E-state index >= 15 is 0 Å². The van der Waals surface area contributed by atoms with E-state index in [4.69, 9.17) is 54.2 Å². The molecule has 0 saturated carbocycles. The van der Waals surface area contributed by atoms with Crippen LogP contribution in [0.25, 0.3) is 45.6 Å². The van der Waals surface area contributed by atoms with Crippen LogP contribution in [0, 0.1) is 0 Å². The number of imidazole rings is 3. The molecule has 6 saturated heterocycles. The Morgan fingerprint density at radius 3 is 1.11 bits per heavy atom. The number of benzene rings is 4. The number of amides is 9. The zero-order valence-corrected chi connectivity index (χ0v) is 68.0. The number of carbonyl (C=O) groups excluding carboxylic acids is 6. The second-order valence-corrected chi connectivity index (χ2v) is 28.8. The molecule has 18 rings (SSSR count). The van der Waals surface area contributed by atoms with Crippen LogP contribution in [0.4, 0.5) is 49.2 Å². The lowest BCUT2D eigenvalue weighted by atomic mass is 10.1. The summed E-state index contributed by atoms with van der Waals surface area (Å²) in [5, 5.41) is 52.2. The molecule has 4 aromatic carbocycles. The predicted molar refractivity (Wildman–Crippen MR) is 449 cm³/mol. The number of carboxylic acids is 3. The van der Waals surface area contributed by atoms with Crippen molar-refractivity contribution in [2.75, 3.05) is 51.5 Å². The third-order valence-corrected chi connectivity index (χ3v) is 20.6. The number of fused-ring (bicyclic) bond motifs is 6. The minimum atomic E-state index is -1.26. The summed E-state index contributed by atoms with van der Waals surface area (Å²) in [5.41, 5.74) is 3.78. The second kappa shape index (κ2) is 38.5. The molecule has 15 atom stereocenters. The summed E-state index contributed by atoms with van der Waals surface area (Å²) in [7, 11) is 0. The van der Waals surface area contributed by atoms with Gasteiger partial charge in [0.15, 0.2) is 107 Å². The van der Waals surface area contributed by atoms with E-state index in [-0.39, 0.29) is 62.0 Å². The third-order valence-electron chi connectivity index (χ3n) is 20.3. The number of anilines is 6. The number of rotatable bonds is 23. The Hall–Kier alpha value is -15.1. The standard InChI is InChI=1S/C29H26ClN7O7.C28H26N8O7.C26H24N8O7/c1-2-31-29(41)36-24-20-25(33-13-32-24)37(14-34-20)27-23-21(42-18(43-23)12-11-15-7-4-3-5-8-15)22(44-27)26(38)35-19-16(28(39)40)9-6-10-17(19)30;1-2-29-28(40)35-23-18-24(32-13-31-23)36(14-33-18)26-21-19(41-17(42-21)11-10-15-7-4-3-5-8-15)20(43-26)25(37)34-22-16(27(38)39)9-6-12-30-22;1-2-27-26(38)33-20-15-21(30-11-29-20)34(12-31-15)23-18-16(40-25(41-18)13-7-4-3-5-8-13)17(39-23)22(35)32-19-14(24(36)37)9-6-10-28-19/h3-14,18,21-23,27H,2H2,1H3,(H,35,38)(H,39,40)(H2,31,32,33,36,41);3-14,17,19-21,26H,2H2,1H3,(H,38,39)(H,30,34,37)(H2,29,31,32,35,40);3-12,16-18,23,25H,2H2,1H3,(H,36,37)(H,28,32,35)(H2,27,29,30,33,38)/b12-11+;11-10+;/t18-,21?,22?,23?,27?;17-,19?,20?,21?,26?;16?,17?,18?,23?,25-/m000/s1. The Labute approximate surface area is 727 Å². The van der Waals surface area contributed by atoms with Gasteiger partial charge in [0.05, 0.1) is 35.3 Å². The highest BCUT2D eigenvalue weighted by Gasteiger charge is 2.59. The van der Waals surface area contributed by atoms with Crippen molar-refractivity contribution in [3.63, 3.8) is 0 Å². The molecule has 12 unspecified atom stereocenters. The summed E-state index contributed by atoms with van der Waals surface area (Å²) in [6.07, 6.45) is 3.98. The predicted octanol–water partition coefficient (Wildman–Crippen LogP) is 8.18. The number of ether oxygens (including phenoxy) is 9. The highest BCUT2D eigenvalue weighted by atomic mass is 35.5. The summed E-state index contributed by atoms with van der Waals surface area (Å²) >= 11 is 6.26. The smallest absolute Gasteiger partial charge is 0.339 e. The first-order valence-corrected chi connectivity index (χ1v) is 40.0. The number of urea groups is 3. The van der Waals surface area contributed by atoms with Gasteiger partial charge >= 0.3 is 36.0 Å². The van der Waals surface area contributed by atoms with Crippen molar-refractivity contribution < 1.29 is 101 Å². The van der Waals surface area contributed by atoms with Gasteiger partial charge in [-0.05, 0) is 80.4 Å². The van der Waals surface area contributed by atoms with Gasteiger partial charge in [-0.15, -0.1) is 0 Å². The maximum Gasteiger partial charge on any atom is 0.339 e. The first-order valence-electron chi connectivity index (χ1n) is 39.6. The zero-order chi connectivity index (χ0) is 89.2. The van der Waals surface area contributed by atoms with Crippen molar-refractivity contribution in [2.24, 2.45) is 0 Å². The van der Waals surface area contributed by atoms with Crippen LogP contribution >= 0.6 is 11.6 Å². The number of halogens is 1. The maximum absolute atomic E-state index is 13.6. The number of hydrogen-bond acceptors (Lipinski definition) is 29. The van der Waals surface area contributed by atoms with E-state index in [1.165, 1.54) is 92.8 Å². The summed E-state index contributed by atoms with van der Waals surface area (Å²) in [6, 6.07) is 36.8. The molecule has 12 aromatic rings.